The molecule has 11 nitrogen and oxygen atoms in total. The smallest absolute Gasteiger partial charge is 0.267 e. The highest BCUT2D eigenvalue weighted by atomic mass is 32.2. The number of benzene rings is 4. The average Bonchev–Trinajstić information content (AvgIpc) is 2.92. The molecule has 0 saturated carbocycles. The molecule has 7 N–H and O–H groups in total. The number of aryl methyl sites for hydroxylation is 2. The number of carbonyl (C=O) groups is 2. The molecule has 0 atom stereocenters. The molecule has 0 radical (unpaired) electrons. The Bertz CT molecular complexity index is 1850. The summed E-state index contributed by atoms with van der Waals surface area (Å²) in [5, 5.41) is 65.7. The highest BCUT2D eigenvalue weighted by Gasteiger charge is 2.29. The van der Waals surface area contributed by atoms with E-state index in [9.17, 15) is 48.6 Å². The van der Waals surface area contributed by atoms with Gasteiger partial charge in [-0.1, -0.05) is 39.8 Å². The average molecular weight is 643 g/mol. The van der Waals surface area contributed by atoms with Crippen LogP contribution >= 0.6 is 0 Å². The molecule has 0 unspecified atom stereocenters. The fourth-order valence-corrected chi connectivity index (χ4v) is 5.60. The Labute approximate surface area is 260 Å². The van der Waals surface area contributed by atoms with Crippen molar-refractivity contribution in [1.29, 1.82) is 0 Å². The zero-order valence-corrected chi connectivity index (χ0v) is 27.0. The van der Waals surface area contributed by atoms with Crippen molar-refractivity contribution in [3.8, 4) is 45.6 Å². The van der Waals surface area contributed by atoms with E-state index < -0.39 is 49.9 Å². The van der Waals surface area contributed by atoms with E-state index in [0.717, 1.165) is 0 Å². The maximum Gasteiger partial charge on any atom is 0.267 e. The minimum atomic E-state index is -3.74. The second kappa shape index (κ2) is 12.4. The molecule has 0 bridgehead atoms. The van der Waals surface area contributed by atoms with Crippen molar-refractivity contribution < 1.29 is 53.2 Å². The van der Waals surface area contributed by atoms with Gasteiger partial charge in [-0.2, -0.15) is 8.42 Å². The van der Waals surface area contributed by atoms with E-state index in [4.69, 9.17) is 4.55 Å². The predicted octanol–water partition coefficient (Wildman–Crippen LogP) is 6.66. The molecule has 0 amide bonds. The molecule has 0 saturated heterocycles. The van der Waals surface area contributed by atoms with Gasteiger partial charge in [0.1, 0.15) is 11.5 Å². The number of carbonyl (C=O) groups excluding carboxylic acids is 2. The predicted molar refractivity (Wildman–Crippen MR) is 172 cm³/mol. The second-order valence-electron chi connectivity index (χ2n) is 11.8. The maximum absolute atomic E-state index is 12.0. The molecule has 0 aliphatic rings. The van der Waals surface area contributed by atoms with E-state index >= 15 is 0 Å². The summed E-state index contributed by atoms with van der Waals surface area (Å²) in [4.78, 5) is 24.0. The van der Waals surface area contributed by atoms with Gasteiger partial charge in [-0.25, -0.2) is 0 Å². The van der Waals surface area contributed by atoms with Crippen molar-refractivity contribution >= 4 is 44.2 Å². The molecule has 4 aromatic rings. The Hall–Kier alpha value is -4.55. The van der Waals surface area contributed by atoms with Gasteiger partial charge in [0.15, 0.2) is 35.6 Å². The van der Waals surface area contributed by atoms with E-state index in [0.29, 0.717) is 45.6 Å². The van der Waals surface area contributed by atoms with Crippen LogP contribution in [0.1, 0.15) is 96.3 Å². The molecule has 0 aliphatic carbocycles. The number of rotatable bonds is 6. The second-order valence-corrected chi connectivity index (χ2v) is 13.8. The molecule has 0 spiro atoms. The van der Waals surface area contributed by atoms with Crippen LogP contribution in [0.3, 0.4) is 0 Å². The molecular weight excluding hydrogens is 604 g/mol. The molecular formula is C33H38O11S. The van der Waals surface area contributed by atoms with Crippen molar-refractivity contribution in [2.75, 3.05) is 0 Å². The first-order valence-corrected chi connectivity index (χ1v) is 15.6. The highest BCUT2D eigenvalue weighted by molar-refractivity contribution is 7.86. The van der Waals surface area contributed by atoms with Gasteiger partial charge in [-0.05, 0) is 61.4 Å². The number of phenols is 6. The molecule has 0 heterocycles. The van der Waals surface area contributed by atoms with Gasteiger partial charge in [-0.15, -0.1) is 0 Å². The van der Waals surface area contributed by atoms with Crippen LogP contribution in [-0.4, -0.2) is 61.4 Å². The Kier molecular flexibility index (Phi) is 9.66. The van der Waals surface area contributed by atoms with E-state index in [2.05, 4.69) is 0 Å². The lowest BCUT2D eigenvalue weighted by molar-refractivity contribution is 0.111. The van der Waals surface area contributed by atoms with Gasteiger partial charge in [-0.3, -0.25) is 14.1 Å². The van der Waals surface area contributed by atoms with Gasteiger partial charge in [0.05, 0.1) is 16.4 Å². The lowest BCUT2D eigenvalue weighted by Gasteiger charge is -2.23. The minimum absolute atomic E-state index is 0.00512. The summed E-state index contributed by atoms with van der Waals surface area (Å²) < 4.78 is 27.8. The maximum atomic E-state index is 12.0. The van der Waals surface area contributed by atoms with Crippen molar-refractivity contribution in [3.05, 3.63) is 45.5 Å². The van der Waals surface area contributed by atoms with Crippen molar-refractivity contribution in [3.63, 3.8) is 0 Å². The van der Waals surface area contributed by atoms with Crippen LogP contribution in [0.4, 0.5) is 0 Å². The van der Waals surface area contributed by atoms with Crippen LogP contribution in [0.25, 0.3) is 32.7 Å². The summed E-state index contributed by atoms with van der Waals surface area (Å²) in [7, 11) is -3.74. The SMILES string of the molecule is CC(C)S(=O)(=O)O.Cc1cc2c(C(C)C)c(O)c(O)c(C=O)c2c(O)c1-c1c(C)cc2c(C(C)C)c(O)c(O)c(C=O)c2c1O. The Balaban J connectivity index is 0.000000707. The number of aldehydes is 2. The molecule has 4 aromatic carbocycles. The molecule has 0 aromatic heterocycles. The normalized spacial score (nSPS) is 11.8. The monoisotopic (exact) mass is 642 g/mol. The summed E-state index contributed by atoms with van der Waals surface area (Å²) in [5.74, 6) is -3.57. The molecule has 12 heteroatoms. The Morgan fingerprint density at radius 3 is 1.09 bits per heavy atom. The third-order valence-corrected chi connectivity index (χ3v) is 9.01. The first kappa shape index (κ1) is 34.9. The van der Waals surface area contributed by atoms with E-state index in [1.807, 2.05) is 0 Å². The summed E-state index contributed by atoms with van der Waals surface area (Å²) in [5.41, 5.74) is 1.33. The van der Waals surface area contributed by atoms with Crippen LogP contribution in [0, 0.1) is 13.8 Å². The van der Waals surface area contributed by atoms with Crippen LogP contribution in [0.2, 0.25) is 0 Å². The van der Waals surface area contributed by atoms with Crippen LogP contribution < -0.4 is 0 Å². The molecule has 0 fully saturated rings. The van der Waals surface area contributed by atoms with Gasteiger partial charge >= 0.3 is 0 Å². The van der Waals surface area contributed by atoms with E-state index in [1.54, 1.807) is 53.7 Å². The van der Waals surface area contributed by atoms with Gasteiger partial charge in [0, 0.05) is 33.0 Å². The van der Waals surface area contributed by atoms with Crippen LogP contribution in [-0.2, 0) is 10.1 Å². The number of fused-ring (bicyclic) bond motifs is 2. The zero-order valence-electron chi connectivity index (χ0n) is 26.2. The van der Waals surface area contributed by atoms with Crippen molar-refractivity contribution in [2.45, 2.75) is 72.5 Å². The molecule has 242 valence electrons. The first-order valence-electron chi connectivity index (χ1n) is 14.1. The lowest BCUT2D eigenvalue weighted by Crippen LogP contribution is -2.10. The Morgan fingerprint density at radius 2 is 0.867 bits per heavy atom. The lowest BCUT2D eigenvalue weighted by atomic mass is 9.83. The summed E-state index contributed by atoms with van der Waals surface area (Å²) >= 11 is 0. The topological polar surface area (TPSA) is 210 Å². The first-order chi connectivity index (χ1) is 20.7. The van der Waals surface area contributed by atoms with Crippen molar-refractivity contribution in [1.82, 2.24) is 0 Å². The fraction of sp³-hybridized carbons (Fsp3) is 0.333. The standard InChI is InChI=1S/C30H30O8.C3H8O3S/c1-11(2)19-15-7-13(5)21(27(35)23(15)17(9-31)25(33)29(19)37)22-14(6)8-16-20(12(3)4)30(38)26(34)18(10-32)24(16)28(22)36;1-3(2)7(4,5)6/h7-12,33-38H,1-6H3;3H,1-2H3,(H,4,5,6). The Morgan fingerprint density at radius 1 is 0.578 bits per heavy atom. The largest absolute Gasteiger partial charge is 0.507 e. The third kappa shape index (κ3) is 5.83. The number of aromatic hydroxyl groups is 6. The third-order valence-electron chi connectivity index (χ3n) is 7.82. The van der Waals surface area contributed by atoms with Gasteiger partial charge in [0.2, 0.25) is 0 Å². The van der Waals surface area contributed by atoms with Crippen LogP contribution in [0.5, 0.6) is 34.5 Å². The summed E-state index contributed by atoms with van der Waals surface area (Å²) in [6, 6.07) is 3.31. The minimum Gasteiger partial charge on any atom is -0.507 e. The van der Waals surface area contributed by atoms with E-state index in [1.165, 1.54) is 13.8 Å². The molecule has 45 heavy (non-hydrogen) atoms. The molecule has 4 rings (SSSR count). The van der Waals surface area contributed by atoms with Gasteiger partial charge < -0.3 is 30.6 Å². The number of hydrogen-bond acceptors (Lipinski definition) is 10. The number of phenolic OH excluding ortho intramolecular Hbond substituents is 6. The highest BCUT2D eigenvalue weighted by Crippen LogP contribution is 2.54. The number of hydrogen-bond donors (Lipinski definition) is 7. The zero-order chi connectivity index (χ0) is 34.5. The molecule has 0 aliphatic heterocycles. The quantitative estimate of drug-likeness (QED) is 0.0671. The van der Waals surface area contributed by atoms with Crippen LogP contribution in [0.15, 0.2) is 12.1 Å². The van der Waals surface area contributed by atoms with Gasteiger partial charge in [0.25, 0.3) is 10.1 Å². The van der Waals surface area contributed by atoms with Crippen molar-refractivity contribution in [2.24, 2.45) is 0 Å². The summed E-state index contributed by atoms with van der Waals surface area (Å²) in [6.07, 6.45) is 0.682. The fourth-order valence-electron chi connectivity index (χ4n) is 5.60. The summed E-state index contributed by atoms with van der Waals surface area (Å²) in [6.45, 7) is 13.4. The van der Waals surface area contributed by atoms with E-state index in [-0.39, 0.29) is 44.9 Å².